The maximum Gasteiger partial charge on any atom is 0.231 e. The molecule has 1 amide bonds. The number of carbonyl (C=O) groups excluding carboxylic acids is 1. The number of amides is 1. The van der Waals surface area contributed by atoms with Gasteiger partial charge in [-0.05, 0) is 43.3 Å². The van der Waals surface area contributed by atoms with Crippen molar-refractivity contribution in [2.75, 3.05) is 16.8 Å². The van der Waals surface area contributed by atoms with Gasteiger partial charge in [0, 0.05) is 12.1 Å². The third kappa shape index (κ3) is 4.14. The van der Waals surface area contributed by atoms with Crippen LogP contribution >= 0.6 is 23.4 Å². The average molecular weight is 286 g/mol. The van der Waals surface area contributed by atoms with Crippen molar-refractivity contribution in [3.8, 4) is 0 Å². The Balaban J connectivity index is 1.89. The van der Waals surface area contributed by atoms with Gasteiger partial charge in [0.2, 0.25) is 11.9 Å². The molecule has 18 heavy (non-hydrogen) atoms. The highest BCUT2D eigenvalue weighted by molar-refractivity contribution is 7.99. The number of hydrogen-bond acceptors (Lipinski definition) is 4. The smallest absolute Gasteiger partial charge is 0.231 e. The highest BCUT2D eigenvalue weighted by Gasteiger charge is 2.17. The van der Waals surface area contributed by atoms with Gasteiger partial charge in [0.25, 0.3) is 0 Å². The van der Waals surface area contributed by atoms with Gasteiger partial charge in [-0.3, -0.25) is 10.1 Å². The van der Waals surface area contributed by atoms with Crippen molar-refractivity contribution in [2.45, 2.75) is 26.2 Å². The minimum atomic E-state index is -0.0198. The molecule has 2 heterocycles. The lowest BCUT2D eigenvalue weighted by Gasteiger charge is -2.20. The molecule has 1 N–H and O–H groups in total. The summed E-state index contributed by atoms with van der Waals surface area (Å²) >= 11 is 7.78. The zero-order valence-electron chi connectivity index (χ0n) is 10.3. The molecule has 1 aliphatic rings. The highest BCUT2D eigenvalue weighted by Crippen LogP contribution is 2.25. The van der Waals surface area contributed by atoms with Crippen LogP contribution in [0.1, 0.15) is 25.0 Å². The molecule has 1 aromatic rings. The molecule has 1 aromatic heterocycles. The summed E-state index contributed by atoms with van der Waals surface area (Å²) in [5, 5.41) is 3.07. The number of halogens is 1. The maximum atomic E-state index is 11.9. The Morgan fingerprint density at radius 3 is 2.89 bits per heavy atom. The first-order valence-electron chi connectivity index (χ1n) is 6.02. The molecule has 0 spiro atoms. The van der Waals surface area contributed by atoms with E-state index in [9.17, 15) is 4.79 Å². The second-order valence-electron chi connectivity index (χ2n) is 4.46. The van der Waals surface area contributed by atoms with E-state index in [1.54, 1.807) is 6.07 Å². The van der Waals surface area contributed by atoms with Crippen LogP contribution in [-0.2, 0) is 4.79 Å². The first kappa shape index (κ1) is 13.6. The summed E-state index contributed by atoms with van der Waals surface area (Å²) in [5.74, 6) is 3.09. The number of carbonyl (C=O) groups is 1. The Morgan fingerprint density at radius 2 is 2.22 bits per heavy atom. The van der Waals surface area contributed by atoms with Crippen LogP contribution in [-0.4, -0.2) is 27.4 Å². The molecular weight excluding hydrogens is 270 g/mol. The molecule has 4 nitrogen and oxygen atoms in total. The van der Waals surface area contributed by atoms with Crippen LogP contribution in [0.5, 0.6) is 0 Å². The summed E-state index contributed by atoms with van der Waals surface area (Å²) in [7, 11) is 0. The van der Waals surface area contributed by atoms with Gasteiger partial charge in [-0.2, -0.15) is 11.8 Å². The van der Waals surface area contributed by atoms with Gasteiger partial charge >= 0.3 is 0 Å². The quantitative estimate of drug-likeness (QED) is 0.868. The van der Waals surface area contributed by atoms with Gasteiger partial charge in [-0.25, -0.2) is 9.97 Å². The Hall–Kier alpha value is -0.810. The Labute approximate surface area is 116 Å². The molecule has 0 aromatic carbocycles. The molecule has 6 heteroatoms. The fourth-order valence-corrected chi connectivity index (χ4v) is 3.42. The number of aromatic nitrogens is 2. The largest absolute Gasteiger partial charge is 0.294 e. The van der Waals surface area contributed by atoms with Gasteiger partial charge in [-0.1, -0.05) is 11.6 Å². The summed E-state index contributed by atoms with van der Waals surface area (Å²) in [6.45, 7) is 1.82. The number of nitrogens with zero attached hydrogens (tertiary/aromatic N) is 2. The van der Waals surface area contributed by atoms with E-state index in [4.69, 9.17) is 11.6 Å². The second kappa shape index (κ2) is 6.38. The van der Waals surface area contributed by atoms with E-state index < -0.39 is 0 Å². The third-order valence-electron chi connectivity index (χ3n) is 2.89. The number of hydrogen-bond donors (Lipinski definition) is 1. The van der Waals surface area contributed by atoms with Crippen LogP contribution < -0.4 is 5.32 Å². The molecular formula is C12H16ClN3OS. The predicted octanol–water partition coefficient (Wildman–Crippen LogP) is 2.91. The van der Waals surface area contributed by atoms with Crippen molar-refractivity contribution >= 4 is 35.2 Å². The molecule has 1 aliphatic heterocycles. The van der Waals surface area contributed by atoms with E-state index in [1.807, 2.05) is 18.7 Å². The van der Waals surface area contributed by atoms with Crippen LogP contribution in [0.15, 0.2) is 6.07 Å². The molecule has 98 valence electrons. The number of thioether (sulfide) groups is 1. The van der Waals surface area contributed by atoms with Gasteiger partial charge in [-0.15, -0.1) is 0 Å². The van der Waals surface area contributed by atoms with Crippen molar-refractivity contribution in [3.05, 3.63) is 16.9 Å². The van der Waals surface area contributed by atoms with Gasteiger partial charge in [0.05, 0.1) is 0 Å². The minimum absolute atomic E-state index is 0.0198. The molecule has 0 unspecified atom stereocenters. The molecule has 0 saturated carbocycles. The average Bonchev–Trinajstić information content (AvgIpc) is 2.28. The number of rotatable bonds is 3. The first-order chi connectivity index (χ1) is 8.63. The molecule has 1 saturated heterocycles. The zero-order chi connectivity index (χ0) is 13.0. The van der Waals surface area contributed by atoms with Crippen molar-refractivity contribution in [1.29, 1.82) is 0 Å². The van der Waals surface area contributed by atoms with Crippen LogP contribution in [0.25, 0.3) is 0 Å². The molecule has 0 aliphatic carbocycles. The van der Waals surface area contributed by atoms with Crippen LogP contribution in [0.3, 0.4) is 0 Å². The molecule has 2 rings (SSSR count). The Morgan fingerprint density at radius 1 is 1.50 bits per heavy atom. The lowest BCUT2D eigenvalue weighted by atomic mass is 9.98. The summed E-state index contributed by atoms with van der Waals surface area (Å²) < 4.78 is 0. The highest BCUT2D eigenvalue weighted by atomic mass is 35.5. The normalized spacial score (nSPS) is 16.6. The van der Waals surface area contributed by atoms with Crippen LogP contribution in [0.2, 0.25) is 5.15 Å². The van der Waals surface area contributed by atoms with E-state index in [0.717, 1.165) is 30.0 Å². The van der Waals surface area contributed by atoms with Crippen LogP contribution in [0.4, 0.5) is 5.95 Å². The summed E-state index contributed by atoms with van der Waals surface area (Å²) in [5.41, 5.74) is 0.749. The number of nitrogens with one attached hydrogen (secondary N) is 1. The summed E-state index contributed by atoms with van der Waals surface area (Å²) in [4.78, 5) is 20.0. The summed E-state index contributed by atoms with van der Waals surface area (Å²) in [6.07, 6.45) is 2.79. The number of aryl methyl sites for hydroxylation is 1. The van der Waals surface area contributed by atoms with E-state index in [0.29, 0.717) is 23.4 Å². The molecule has 1 fully saturated rings. The standard InChI is InChI=1S/C12H16ClN3OS/c1-8-6-10(13)15-12(14-8)16-11(17)7-9-2-4-18-5-3-9/h6,9H,2-5,7H2,1H3,(H,14,15,16,17). The fourth-order valence-electron chi connectivity index (χ4n) is 1.97. The van der Waals surface area contributed by atoms with Gasteiger partial charge in [0.15, 0.2) is 0 Å². The lowest BCUT2D eigenvalue weighted by Crippen LogP contribution is -2.20. The van der Waals surface area contributed by atoms with Gasteiger partial charge < -0.3 is 0 Å². The summed E-state index contributed by atoms with van der Waals surface area (Å²) in [6, 6.07) is 1.66. The maximum absolute atomic E-state index is 11.9. The second-order valence-corrected chi connectivity index (χ2v) is 6.08. The minimum Gasteiger partial charge on any atom is -0.294 e. The Bertz CT molecular complexity index is 415. The van der Waals surface area contributed by atoms with Crippen molar-refractivity contribution in [3.63, 3.8) is 0 Å². The molecule has 0 radical (unpaired) electrons. The lowest BCUT2D eigenvalue weighted by molar-refractivity contribution is -0.117. The monoisotopic (exact) mass is 285 g/mol. The topological polar surface area (TPSA) is 54.9 Å². The van der Waals surface area contributed by atoms with E-state index in [-0.39, 0.29) is 5.91 Å². The van der Waals surface area contributed by atoms with Crippen LogP contribution in [0, 0.1) is 12.8 Å². The predicted molar refractivity (Wildman–Crippen MR) is 75.1 cm³/mol. The first-order valence-corrected chi connectivity index (χ1v) is 7.55. The molecule has 0 atom stereocenters. The van der Waals surface area contributed by atoms with E-state index >= 15 is 0 Å². The van der Waals surface area contributed by atoms with Crippen molar-refractivity contribution in [2.24, 2.45) is 5.92 Å². The number of anilines is 1. The van der Waals surface area contributed by atoms with Gasteiger partial charge in [0.1, 0.15) is 5.15 Å². The van der Waals surface area contributed by atoms with Crippen molar-refractivity contribution in [1.82, 2.24) is 9.97 Å². The fraction of sp³-hybridized carbons (Fsp3) is 0.583. The third-order valence-corrected chi connectivity index (χ3v) is 4.13. The zero-order valence-corrected chi connectivity index (χ0v) is 11.9. The SMILES string of the molecule is Cc1cc(Cl)nc(NC(=O)CC2CCSCC2)n1. The van der Waals surface area contributed by atoms with Crippen molar-refractivity contribution < 1.29 is 4.79 Å². The van der Waals surface area contributed by atoms with E-state index in [1.165, 1.54) is 0 Å². The van der Waals surface area contributed by atoms with E-state index in [2.05, 4.69) is 15.3 Å². The molecule has 0 bridgehead atoms. The Kier molecular flexibility index (Phi) is 4.83.